The highest BCUT2D eigenvalue weighted by atomic mass is 35.5. The number of hydrogen-bond acceptors (Lipinski definition) is 2. The lowest BCUT2D eigenvalue weighted by molar-refractivity contribution is -0.137. The van der Waals surface area contributed by atoms with Crippen molar-refractivity contribution in [3.05, 3.63) is 29.3 Å². The van der Waals surface area contributed by atoms with E-state index < -0.39 is 5.97 Å². The Morgan fingerprint density at radius 3 is 2.68 bits per heavy atom. The first kappa shape index (κ1) is 13.7. The Labute approximate surface area is 116 Å². The number of likely N-dealkylation sites (tertiary alicyclic amines) is 1. The van der Waals surface area contributed by atoms with Crippen LogP contribution < -0.4 is 5.32 Å². The molecule has 0 radical (unpaired) electrons. The first-order valence-corrected chi connectivity index (χ1v) is 6.49. The van der Waals surface area contributed by atoms with Crippen LogP contribution in [0.1, 0.15) is 19.3 Å². The van der Waals surface area contributed by atoms with E-state index in [4.69, 9.17) is 16.7 Å². The van der Waals surface area contributed by atoms with Crippen molar-refractivity contribution in [1.82, 2.24) is 4.90 Å². The fraction of sp³-hybridized carbons (Fsp3) is 0.385. The van der Waals surface area contributed by atoms with Gasteiger partial charge in [0.2, 0.25) is 0 Å². The summed E-state index contributed by atoms with van der Waals surface area (Å²) in [5.41, 5.74) is 0.648. The van der Waals surface area contributed by atoms with Crippen LogP contribution in [-0.4, -0.2) is 34.6 Å². The summed E-state index contributed by atoms with van der Waals surface area (Å²) in [5.74, 6) is -0.879. The number of aliphatic carboxylic acids is 1. The van der Waals surface area contributed by atoms with Gasteiger partial charge < -0.3 is 15.3 Å². The zero-order chi connectivity index (χ0) is 13.8. The van der Waals surface area contributed by atoms with E-state index in [1.54, 1.807) is 29.2 Å². The van der Waals surface area contributed by atoms with E-state index in [0.29, 0.717) is 17.3 Å². The third kappa shape index (κ3) is 3.61. The van der Waals surface area contributed by atoms with Gasteiger partial charge in [0, 0.05) is 23.3 Å². The quantitative estimate of drug-likeness (QED) is 0.895. The number of carbonyl (C=O) groups is 2. The van der Waals surface area contributed by atoms with Gasteiger partial charge in [-0.15, -0.1) is 0 Å². The van der Waals surface area contributed by atoms with E-state index in [9.17, 15) is 9.59 Å². The van der Waals surface area contributed by atoms with Gasteiger partial charge in [0.25, 0.3) is 0 Å². The zero-order valence-corrected chi connectivity index (χ0v) is 11.1. The summed E-state index contributed by atoms with van der Waals surface area (Å²) in [5, 5.41) is 12.2. The Balaban J connectivity index is 1.98. The van der Waals surface area contributed by atoms with Crippen molar-refractivity contribution in [3.8, 4) is 0 Å². The Morgan fingerprint density at radius 2 is 2.05 bits per heavy atom. The predicted molar refractivity (Wildman–Crippen MR) is 72.5 cm³/mol. The van der Waals surface area contributed by atoms with Crippen LogP contribution in [0.4, 0.5) is 10.5 Å². The molecule has 1 saturated heterocycles. The van der Waals surface area contributed by atoms with Crippen LogP contribution >= 0.6 is 11.6 Å². The van der Waals surface area contributed by atoms with Gasteiger partial charge in [-0.05, 0) is 37.1 Å². The summed E-state index contributed by atoms with van der Waals surface area (Å²) in [4.78, 5) is 24.4. The van der Waals surface area contributed by atoms with Gasteiger partial charge in [0.05, 0.1) is 6.42 Å². The number of amides is 2. The number of anilines is 1. The number of hydrogen-bond donors (Lipinski definition) is 2. The number of carboxylic acids is 1. The van der Waals surface area contributed by atoms with E-state index in [1.807, 2.05) is 0 Å². The van der Waals surface area contributed by atoms with Gasteiger partial charge in [0.1, 0.15) is 0 Å². The molecule has 0 aliphatic carbocycles. The maximum absolute atomic E-state index is 12.1. The summed E-state index contributed by atoms with van der Waals surface area (Å²) in [6.45, 7) is 0.595. The van der Waals surface area contributed by atoms with Crippen molar-refractivity contribution >= 4 is 29.3 Å². The molecule has 2 N–H and O–H groups in total. The number of benzene rings is 1. The van der Waals surface area contributed by atoms with Crippen LogP contribution in [0.2, 0.25) is 5.02 Å². The third-order valence-corrected chi connectivity index (χ3v) is 3.40. The van der Waals surface area contributed by atoms with Crippen molar-refractivity contribution in [2.45, 2.75) is 25.3 Å². The van der Waals surface area contributed by atoms with Crippen LogP contribution in [0.15, 0.2) is 24.3 Å². The van der Waals surface area contributed by atoms with Crippen molar-refractivity contribution in [3.63, 3.8) is 0 Å². The average molecular weight is 283 g/mol. The Hall–Kier alpha value is -1.75. The minimum absolute atomic E-state index is 0.00591. The molecular formula is C13H15ClN2O3. The summed E-state index contributed by atoms with van der Waals surface area (Å²) in [6.07, 6.45) is 1.57. The van der Waals surface area contributed by atoms with Crippen LogP contribution in [0, 0.1) is 0 Å². The maximum atomic E-state index is 12.1. The second-order valence-corrected chi connectivity index (χ2v) is 4.96. The first-order valence-electron chi connectivity index (χ1n) is 6.11. The van der Waals surface area contributed by atoms with Crippen molar-refractivity contribution in [2.24, 2.45) is 0 Å². The van der Waals surface area contributed by atoms with Crippen LogP contribution in [0.5, 0.6) is 0 Å². The first-order chi connectivity index (χ1) is 9.06. The van der Waals surface area contributed by atoms with Crippen molar-refractivity contribution in [2.75, 3.05) is 11.9 Å². The van der Waals surface area contributed by atoms with Crippen molar-refractivity contribution < 1.29 is 14.7 Å². The normalized spacial score (nSPS) is 18.4. The van der Waals surface area contributed by atoms with Crippen LogP contribution in [0.25, 0.3) is 0 Å². The fourth-order valence-electron chi connectivity index (χ4n) is 2.25. The minimum Gasteiger partial charge on any atom is -0.481 e. The van der Waals surface area contributed by atoms with Crippen LogP contribution in [-0.2, 0) is 4.79 Å². The Bertz CT molecular complexity index is 475. The minimum atomic E-state index is -0.879. The van der Waals surface area contributed by atoms with Gasteiger partial charge in [-0.1, -0.05) is 11.6 Å². The number of rotatable bonds is 3. The standard InChI is InChI=1S/C13H15ClN2O3/c14-9-3-5-10(6-4-9)15-13(19)16-7-1-2-11(16)8-12(17)18/h3-6,11H,1-2,7-8H2,(H,15,19)(H,17,18). The molecule has 5 nitrogen and oxygen atoms in total. The van der Waals surface area contributed by atoms with Gasteiger partial charge in [-0.3, -0.25) is 4.79 Å². The molecule has 1 unspecified atom stereocenters. The molecular weight excluding hydrogens is 268 g/mol. The molecule has 0 spiro atoms. The van der Waals surface area contributed by atoms with E-state index >= 15 is 0 Å². The topological polar surface area (TPSA) is 69.6 Å². The molecule has 0 aromatic heterocycles. The molecule has 6 heteroatoms. The molecule has 1 fully saturated rings. The fourth-order valence-corrected chi connectivity index (χ4v) is 2.37. The molecule has 102 valence electrons. The van der Waals surface area contributed by atoms with E-state index in [1.165, 1.54) is 0 Å². The molecule has 0 saturated carbocycles. The van der Waals surface area contributed by atoms with Gasteiger partial charge >= 0.3 is 12.0 Å². The maximum Gasteiger partial charge on any atom is 0.322 e. The summed E-state index contributed by atoms with van der Waals surface area (Å²) < 4.78 is 0. The molecule has 1 aliphatic rings. The number of carboxylic acid groups (broad SMARTS) is 1. The number of nitrogens with zero attached hydrogens (tertiary/aromatic N) is 1. The summed E-state index contributed by atoms with van der Waals surface area (Å²) in [7, 11) is 0. The summed E-state index contributed by atoms with van der Waals surface area (Å²) >= 11 is 5.77. The second kappa shape index (κ2) is 5.93. The van der Waals surface area contributed by atoms with E-state index in [-0.39, 0.29) is 18.5 Å². The molecule has 1 aliphatic heterocycles. The average Bonchev–Trinajstić information content (AvgIpc) is 2.79. The Morgan fingerprint density at radius 1 is 1.37 bits per heavy atom. The molecule has 19 heavy (non-hydrogen) atoms. The lowest BCUT2D eigenvalue weighted by Crippen LogP contribution is -2.39. The molecule has 1 heterocycles. The molecule has 1 aromatic rings. The third-order valence-electron chi connectivity index (χ3n) is 3.14. The lowest BCUT2D eigenvalue weighted by Gasteiger charge is -2.23. The molecule has 1 aromatic carbocycles. The predicted octanol–water partition coefficient (Wildman–Crippen LogP) is 2.81. The van der Waals surface area contributed by atoms with Gasteiger partial charge in [-0.2, -0.15) is 0 Å². The van der Waals surface area contributed by atoms with E-state index in [2.05, 4.69) is 5.32 Å². The lowest BCUT2D eigenvalue weighted by atomic mass is 10.1. The number of halogens is 1. The molecule has 2 rings (SSSR count). The molecule has 0 bridgehead atoms. The largest absolute Gasteiger partial charge is 0.481 e. The second-order valence-electron chi connectivity index (χ2n) is 4.52. The monoisotopic (exact) mass is 282 g/mol. The van der Waals surface area contributed by atoms with Gasteiger partial charge in [-0.25, -0.2) is 4.79 Å². The highest BCUT2D eigenvalue weighted by molar-refractivity contribution is 6.30. The molecule has 2 amide bonds. The SMILES string of the molecule is O=C(O)CC1CCCN1C(=O)Nc1ccc(Cl)cc1. The number of nitrogens with one attached hydrogen (secondary N) is 1. The highest BCUT2D eigenvalue weighted by Crippen LogP contribution is 2.22. The van der Waals surface area contributed by atoms with Crippen LogP contribution in [0.3, 0.4) is 0 Å². The zero-order valence-electron chi connectivity index (χ0n) is 10.3. The smallest absolute Gasteiger partial charge is 0.322 e. The Kier molecular flexibility index (Phi) is 4.27. The van der Waals surface area contributed by atoms with E-state index in [0.717, 1.165) is 12.8 Å². The summed E-state index contributed by atoms with van der Waals surface area (Å²) in [6, 6.07) is 6.33. The van der Waals surface area contributed by atoms with Crippen molar-refractivity contribution in [1.29, 1.82) is 0 Å². The number of carbonyl (C=O) groups excluding carboxylic acids is 1. The molecule has 1 atom stereocenters. The van der Waals surface area contributed by atoms with Gasteiger partial charge in [0.15, 0.2) is 0 Å². The highest BCUT2D eigenvalue weighted by Gasteiger charge is 2.30. The number of urea groups is 1.